The summed E-state index contributed by atoms with van der Waals surface area (Å²) < 4.78 is 31.2. The number of hydrogen-bond donors (Lipinski definition) is 2. The summed E-state index contributed by atoms with van der Waals surface area (Å²) in [7, 11) is -3.92. The van der Waals surface area contributed by atoms with Gasteiger partial charge in [-0.2, -0.15) is 8.42 Å². The molecule has 3 rings (SSSR count). The van der Waals surface area contributed by atoms with Crippen molar-refractivity contribution in [3.63, 3.8) is 0 Å². The van der Waals surface area contributed by atoms with Crippen LogP contribution in [0.2, 0.25) is 0 Å². The summed E-state index contributed by atoms with van der Waals surface area (Å²) in [6.45, 7) is 2.62. The topological polar surface area (TPSA) is 80.4 Å². The molecule has 6 unspecified atom stereocenters. The van der Waals surface area contributed by atoms with Crippen LogP contribution in [-0.4, -0.2) is 25.3 Å². The van der Waals surface area contributed by atoms with Gasteiger partial charge in [-0.15, -0.1) is 0 Å². The van der Waals surface area contributed by atoms with Crippen molar-refractivity contribution in [1.82, 2.24) is 0 Å². The highest BCUT2D eigenvalue weighted by Gasteiger charge is 2.52. The van der Waals surface area contributed by atoms with Gasteiger partial charge in [0.25, 0.3) is 10.1 Å². The third kappa shape index (κ3) is 2.68. The Hall–Kier alpha value is -0.390. The molecule has 6 atom stereocenters. The van der Waals surface area contributed by atoms with Gasteiger partial charge in [0.05, 0.1) is 5.75 Å². The van der Waals surface area contributed by atoms with Crippen LogP contribution < -0.4 is 5.73 Å². The van der Waals surface area contributed by atoms with Gasteiger partial charge in [0, 0.05) is 0 Å². The lowest BCUT2D eigenvalue weighted by Crippen LogP contribution is -2.39. The van der Waals surface area contributed by atoms with Gasteiger partial charge in [-0.1, -0.05) is 18.6 Å². The Morgan fingerprint density at radius 3 is 2.80 bits per heavy atom. The summed E-state index contributed by atoms with van der Waals surface area (Å²) in [5.41, 5.74) is 7.27. The minimum atomic E-state index is -3.92. The van der Waals surface area contributed by atoms with Gasteiger partial charge in [-0.05, 0) is 67.7 Å². The van der Waals surface area contributed by atoms with Crippen molar-refractivity contribution >= 4 is 10.1 Å². The van der Waals surface area contributed by atoms with E-state index < -0.39 is 10.1 Å². The maximum Gasteiger partial charge on any atom is 0.265 e. The maximum absolute atomic E-state index is 11.1. The van der Waals surface area contributed by atoms with E-state index in [-0.39, 0.29) is 11.7 Å². The molecule has 2 fully saturated rings. The number of rotatable bonds is 5. The summed E-state index contributed by atoms with van der Waals surface area (Å²) in [5, 5.41) is 0. The van der Waals surface area contributed by atoms with Crippen molar-refractivity contribution in [1.29, 1.82) is 0 Å². The van der Waals surface area contributed by atoms with E-state index in [1.807, 2.05) is 0 Å². The smallest absolute Gasteiger partial charge is 0.265 e. The minimum absolute atomic E-state index is 0.117. The highest BCUT2D eigenvalue weighted by molar-refractivity contribution is 7.85. The van der Waals surface area contributed by atoms with Crippen LogP contribution in [0.4, 0.5) is 0 Å². The summed E-state index contributed by atoms with van der Waals surface area (Å²) in [6, 6.07) is 0. The molecule has 0 aromatic carbocycles. The fraction of sp³-hybridized carbons (Fsp3) is 0.867. The lowest BCUT2D eigenvalue weighted by molar-refractivity contribution is 0.170. The van der Waals surface area contributed by atoms with Crippen molar-refractivity contribution in [2.24, 2.45) is 41.2 Å². The van der Waals surface area contributed by atoms with Crippen molar-refractivity contribution in [3.8, 4) is 0 Å². The van der Waals surface area contributed by atoms with Crippen molar-refractivity contribution in [3.05, 3.63) is 11.6 Å². The molecule has 0 radical (unpaired) electrons. The summed E-state index contributed by atoms with van der Waals surface area (Å²) in [4.78, 5) is 0. The van der Waals surface area contributed by atoms with Gasteiger partial charge in [-0.25, -0.2) is 0 Å². The summed E-state index contributed by atoms with van der Waals surface area (Å²) in [5.74, 6) is 3.23. The fourth-order valence-electron chi connectivity index (χ4n) is 4.97. The normalized spacial score (nSPS) is 40.8. The maximum atomic E-state index is 11.1. The molecule has 3 aliphatic rings. The van der Waals surface area contributed by atoms with Crippen LogP contribution in [0.15, 0.2) is 11.6 Å². The first kappa shape index (κ1) is 14.5. The van der Waals surface area contributed by atoms with Gasteiger partial charge in [0.1, 0.15) is 0 Å². The molecular weight excluding hydrogens is 274 g/mol. The first-order chi connectivity index (χ1) is 9.37. The summed E-state index contributed by atoms with van der Waals surface area (Å²) in [6.07, 6.45) is 7.21. The molecule has 0 aromatic rings. The highest BCUT2D eigenvalue weighted by Crippen LogP contribution is 2.61. The second kappa shape index (κ2) is 5.11. The highest BCUT2D eigenvalue weighted by atomic mass is 32.2. The largest absolute Gasteiger partial charge is 0.330 e. The quantitative estimate of drug-likeness (QED) is 0.601. The number of hydrogen-bond acceptors (Lipinski definition) is 3. The number of nitrogens with two attached hydrogens (primary N) is 1. The molecule has 5 heteroatoms. The molecule has 0 spiro atoms. The number of fused-ring (bicyclic) bond motifs is 1. The molecule has 0 aliphatic heterocycles. The Labute approximate surface area is 121 Å². The third-order valence-corrected chi connectivity index (χ3v) is 6.52. The Morgan fingerprint density at radius 1 is 1.40 bits per heavy atom. The molecule has 0 aromatic heterocycles. The van der Waals surface area contributed by atoms with Crippen molar-refractivity contribution < 1.29 is 13.0 Å². The van der Waals surface area contributed by atoms with Gasteiger partial charge >= 0.3 is 0 Å². The average molecular weight is 299 g/mol. The van der Waals surface area contributed by atoms with Gasteiger partial charge in [0.2, 0.25) is 0 Å². The van der Waals surface area contributed by atoms with Crippen LogP contribution in [0.3, 0.4) is 0 Å². The van der Waals surface area contributed by atoms with Gasteiger partial charge < -0.3 is 5.73 Å². The molecule has 3 aliphatic carbocycles. The second-order valence-electron chi connectivity index (χ2n) is 7.18. The van der Waals surface area contributed by atoms with Crippen LogP contribution in [0.1, 0.15) is 32.6 Å². The first-order valence-corrected chi connectivity index (χ1v) is 9.35. The average Bonchev–Trinajstić information content (AvgIpc) is 2.61. The zero-order valence-electron chi connectivity index (χ0n) is 12.0. The third-order valence-electron chi connectivity index (χ3n) is 5.63. The molecule has 2 saturated carbocycles. The zero-order chi connectivity index (χ0) is 14.5. The predicted molar refractivity (Wildman–Crippen MR) is 78.6 cm³/mol. The van der Waals surface area contributed by atoms with E-state index in [2.05, 4.69) is 13.0 Å². The molecule has 4 nitrogen and oxygen atoms in total. The monoisotopic (exact) mass is 299 g/mol. The Kier molecular flexibility index (Phi) is 3.72. The predicted octanol–water partition coefficient (Wildman–Crippen LogP) is 2.08. The second-order valence-corrected chi connectivity index (χ2v) is 8.68. The van der Waals surface area contributed by atoms with E-state index in [1.54, 1.807) is 5.57 Å². The number of allylic oxidation sites excluding steroid dienone is 2. The SMILES string of the molecule is CC1C=C2C3CC(C1)CC3C2CC(CN)CS(=O)(=O)O. The van der Waals surface area contributed by atoms with Crippen LogP contribution in [-0.2, 0) is 10.1 Å². The first-order valence-electron chi connectivity index (χ1n) is 7.74. The van der Waals surface area contributed by atoms with Gasteiger partial charge in [-0.3, -0.25) is 4.55 Å². The molecule has 20 heavy (non-hydrogen) atoms. The van der Waals surface area contributed by atoms with E-state index in [0.717, 1.165) is 24.2 Å². The lowest BCUT2D eigenvalue weighted by atomic mass is 9.59. The Balaban J connectivity index is 1.72. The van der Waals surface area contributed by atoms with Crippen LogP contribution in [0.5, 0.6) is 0 Å². The lowest BCUT2D eigenvalue weighted by Gasteiger charge is -2.46. The van der Waals surface area contributed by atoms with E-state index >= 15 is 0 Å². The molecule has 114 valence electrons. The fourth-order valence-corrected chi connectivity index (χ4v) is 5.84. The van der Waals surface area contributed by atoms with E-state index in [9.17, 15) is 8.42 Å². The van der Waals surface area contributed by atoms with E-state index in [0.29, 0.717) is 18.4 Å². The molecule has 0 amide bonds. The minimum Gasteiger partial charge on any atom is -0.330 e. The van der Waals surface area contributed by atoms with E-state index in [1.165, 1.54) is 19.3 Å². The zero-order valence-corrected chi connectivity index (χ0v) is 12.8. The van der Waals surface area contributed by atoms with Gasteiger partial charge in [0.15, 0.2) is 0 Å². The Morgan fingerprint density at radius 2 is 2.15 bits per heavy atom. The molecule has 2 bridgehead atoms. The molecular formula is C15H25NO3S. The van der Waals surface area contributed by atoms with Crippen molar-refractivity contribution in [2.45, 2.75) is 32.6 Å². The molecule has 3 N–H and O–H groups in total. The van der Waals surface area contributed by atoms with Crippen LogP contribution in [0.25, 0.3) is 0 Å². The van der Waals surface area contributed by atoms with E-state index in [4.69, 9.17) is 10.3 Å². The van der Waals surface area contributed by atoms with Crippen molar-refractivity contribution in [2.75, 3.05) is 12.3 Å². The standard InChI is InChI=1S/C15H25NO3S/c1-9-2-10-4-13-12(3-9)15(14(13)5-10)6-11(7-16)8-20(17,18)19/h3,9-11,13-15H,2,4-8,16H2,1H3,(H,17,18,19). The summed E-state index contributed by atoms with van der Waals surface area (Å²) >= 11 is 0. The molecule has 0 saturated heterocycles. The van der Waals surface area contributed by atoms with Crippen LogP contribution in [0, 0.1) is 35.5 Å². The van der Waals surface area contributed by atoms with Crippen LogP contribution >= 0.6 is 0 Å². The molecule has 0 heterocycles. The Bertz CT molecular complexity index is 513.